The highest BCUT2D eigenvalue weighted by Gasteiger charge is 2.54. The zero-order valence-corrected chi connectivity index (χ0v) is 17.9. The number of β-lactam (4-membered cyclic amide) rings is 1. The third kappa shape index (κ3) is 4.63. The Kier molecular flexibility index (Phi) is 6.74. The van der Waals surface area contributed by atoms with E-state index in [9.17, 15) is 24.3 Å². The summed E-state index contributed by atoms with van der Waals surface area (Å²) in [5, 5.41) is 12.4. The minimum absolute atomic E-state index is 0.206. The second-order valence-electron chi connectivity index (χ2n) is 6.43. The first kappa shape index (κ1) is 22.2. The third-order valence-electron chi connectivity index (χ3n) is 4.37. The lowest BCUT2D eigenvalue weighted by atomic mass is 10.0. The van der Waals surface area contributed by atoms with E-state index < -0.39 is 35.2 Å². The van der Waals surface area contributed by atoms with Gasteiger partial charge in [0.2, 0.25) is 5.91 Å². The monoisotopic (exact) mass is 470 g/mol. The molecule has 3 rings (SSSR count). The van der Waals surface area contributed by atoms with Gasteiger partial charge in [-0.15, -0.1) is 11.8 Å². The van der Waals surface area contributed by atoms with Crippen LogP contribution in [0.4, 0.5) is 0 Å². The van der Waals surface area contributed by atoms with Gasteiger partial charge in [0.15, 0.2) is 0 Å². The molecule has 2 amide bonds. The van der Waals surface area contributed by atoms with Crippen molar-refractivity contribution in [2.75, 3.05) is 12.4 Å². The lowest BCUT2D eigenvalue weighted by Crippen LogP contribution is -2.70. The summed E-state index contributed by atoms with van der Waals surface area (Å²) in [6.07, 6.45) is 2.72. The first-order valence-electron chi connectivity index (χ1n) is 8.66. The zero-order valence-electron chi connectivity index (χ0n) is 15.6. The number of rotatable bonds is 6. The highest BCUT2D eigenvalue weighted by Crippen LogP contribution is 2.40. The largest absolute Gasteiger partial charge is 0.477 e. The molecule has 0 aliphatic carbocycles. The van der Waals surface area contributed by atoms with Gasteiger partial charge in [-0.2, -0.15) is 0 Å². The van der Waals surface area contributed by atoms with Crippen LogP contribution in [-0.4, -0.2) is 57.5 Å². The Hall–Kier alpha value is -2.49. The fourth-order valence-electron chi connectivity index (χ4n) is 2.99. The van der Waals surface area contributed by atoms with Crippen molar-refractivity contribution in [2.45, 2.75) is 18.3 Å². The number of esters is 1. The highest BCUT2D eigenvalue weighted by molar-refractivity contribution is 8.00. The summed E-state index contributed by atoms with van der Waals surface area (Å²) in [4.78, 5) is 48.6. The van der Waals surface area contributed by atoms with Crippen LogP contribution in [-0.2, 0) is 23.9 Å². The number of carbonyl (C=O) groups excluding carboxylic acids is 3. The number of aliphatic carboxylic acids is 1. The van der Waals surface area contributed by atoms with Crippen molar-refractivity contribution >= 4 is 64.8 Å². The molecule has 1 saturated heterocycles. The molecular formula is C19H16Cl2N2O6S. The van der Waals surface area contributed by atoms with Gasteiger partial charge in [-0.1, -0.05) is 29.3 Å². The van der Waals surface area contributed by atoms with E-state index in [-0.39, 0.29) is 18.1 Å². The van der Waals surface area contributed by atoms with E-state index in [0.29, 0.717) is 21.2 Å². The topological polar surface area (TPSA) is 113 Å². The summed E-state index contributed by atoms with van der Waals surface area (Å²) in [6.45, 7) is 1.01. The number of hydrogen-bond acceptors (Lipinski definition) is 6. The molecule has 11 heteroatoms. The molecule has 1 aromatic carbocycles. The molecule has 2 aliphatic heterocycles. The van der Waals surface area contributed by atoms with Crippen LogP contribution < -0.4 is 5.32 Å². The number of halogens is 2. The number of fused-ring (bicyclic) bond motifs is 1. The molecule has 2 atom stereocenters. The van der Waals surface area contributed by atoms with Crippen molar-refractivity contribution in [3.05, 3.63) is 51.2 Å². The van der Waals surface area contributed by atoms with Gasteiger partial charge in [0, 0.05) is 34.4 Å². The van der Waals surface area contributed by atoms with E-state index in [1.165, 1.54) is 30.8 Å². The van der Waals surface area contributed by atoms with Crippen LogP contribution in [0.15, 0.2) is 35.5 Å². The standard InChI is InChI=1S/C19H16Cl2N2O6S/c1-9(24)29-7-11-8-30-18-15(17(26)23(18)16(11)19(27)28)22-14(25)5-3-10-2-4-12(20)6-13(10)21/h2-6,15,18H,7-8H2,1H3,(H,22,25)(H,27,28)/b5-3+/t15-,18-/m1/s1. The predicted octanol–water partition coefficient (Wildman–Crippen LogP) is 2.31. The molecule has 0 saturated carbocycles. The Labute approximate surface area is 185 Å². The van der Waals surface area contributed by atoms with E-state index >= 15 is 0 Å². The van der Waals surface area contributed by atoms with Crippen molar-refractivity contribution in [3.63, 3.8) is 0 Å². The number of hydrogen-bond donors (Lipinski definition) is 2. The molecule has 158 valence electrons. The molecule has 0 radical (unpaired) electrons. The van der Waals surface area contributed by atoms with E-state index in [0.717, 1.165) is 4.90 Å². The number of nitrogens with zero attached hydrogens (tertiary/aromatic N) is 1. The summed E-state index contributed by atoms with van der Waals surface area (Å²) in [6, 6.07) is 3.96. The number of amides is 2. The second kappa shape index (κ2) is 9.11. The second-order valence-corrected chi connectivity index (χ2v) is 8.38. The Bertz CT molecular complexity index is 993. The Morgan fingerprint density at radius 2 is 2.10 bits per heavy atom. The SMILES string of the molecule is CC(=O)OCC1=C(C(=O)O)N2C(=O)[C@@H](NC(=O)/C=C/c3ccc(Cl)cc3Cl)[C@H]2SC1. The zero-order chi connectivity index (χ0) is 22.0. The number of thioether (sulfide) groups is 1. The number of nitrogens with one attached hydrogen (secondary N) is 1. The molecule has 0 unspecified atom stereocenters. The number of benzene rings is 1. The summed E-state index contributed by atoms with van der Waals surface area (Å²) in [5.74, 6) is -2.65. The fourth-order valence-corrected chi connectivity index (χ4v) is 4.79. The van der Waals surface area contributed by atoms with Gasteiger partial charge in [-0.05, 0) is 23.8 Å². The highest BCUT2D eigenvalue weighted by atomic mass is 35.5. The summed E-state index contributed by atoms with van der Waals surface area (Å²) in [7, 11) is 0. The molecule has 1 fully saturated rings. The van der Waals surface area contributed by atoms with Crippen LogP contribution in [0.3, 0.4) is 0 Å². The lowest BCUT2D eigenvalue weighted by Gasteiger charge is -2.49. The predicted molar refractivity (Wildman–Crippen MR) is 112 cm³/mol. The van der Waals surface area contributed by atoms with Crippen molar-refractivity contribution in [1.29, 1.82) is 0 Å². The average molecular weight is 471 g/mol. The van der Waals surface area contributed by atoms with E-state index in [4.69, 9.17) is 27.9 Å². The van der Waals surface area contributed by atoms with Crippen molar-refractivity contribution in [2.24, 2.45) is 0 Å². The van der Waals surface area contributed by atoms with Crippen LogP contribution in [0.5, 0.6) is 0 Å². The van der Waals surface area contributed by atoms with Crippen molar-refractivity contribution in [1.82, 2.24) is 10.2 Å². The maximum Gasteiger partial charge on any atom is 0.352 e. The maximum absolute atomic E-state index is 12.5. The van der Waals surface area contributed by atoms with Crippen molar-refractivity contribution < 1.29 is 29.0 Å². The molecule has 0 bridgehead atoms. The van der Waals surface area contributed by atoms with Crippen LogP contribution in [0.1, 0.15) is 12.5 Å². The van der Waals surface area contributed by atoms with Crippen LogP contribution in [0.25, 0.3) is 6.08 Å². The van der Waals surface area contributed by atoms with Gasteiger partial charge in [0.25, 0.3) is 5.91 Å². The van der Waals surface area contributed by atoms with Crippen LogP contribution >= 0.6 is 35.0 Å². The Morgan fingerprint density at radius 1 is 1.37 bits per heavy atom. The summed E-state index contributed by atoms with van der Waals surface area (Å²) in [5.41, 5.74) is 0.698. The minimum atomic E-state index is -1.29. The molecule has 30 heavy (non-hydrogen) atoms. The number of ether oxygens (including phenoxy) is 1. The maximum atomic E-state index is 12.5. The summed E-state index contributed by atoms with van der Waals surface area (Å²) >= 11 is 13.2. The van der Waals surface area contributed by atoms with E-state index in [1.54, 1.807) is 18.2 Å². The van der Waals surface area contributed by atoms with Crippen LogP contribution in [0, 0.1) is 0 Å². The number of carboxylic acids is 1. The van der Waals surface area contributed by atoms with Gasteiger partial charge in [0.05, 0.1) is 0 Å². The van der Waals surface area contributed by atoms with Gasteiger partial charge < -0.3 is 15.2 Å². The molecule has 0 aromatic heterocycles. The van der Waals surface area contributed by atoms with E-state index in [2.05, 4.69) is 5.32 Å². The minimum Gasteiger partial charge on any atom is -0.477 e. The molecule has 0 spiro atoms. The van der Waals surface area contributed by atoms with Gasteiger partial charge in [-0.3, -0.25) is 19.3 Å². The van der Waals surface area contributed by atoms with Gasteiger partial charge in [-0.25, -0.2) is 4.79 Å². The Morgan fingerprint density at radius 3 is 2.73 bits per heavy atom. The van der Waals surface area contributed by atoms with Gasteiger partial charge in [0.1, 0.15) is 23.7 Å². The third-order valence-corrected chi connectivity index (χ3v) is 6.28. The van der Waals surface area contributed by atoms with Crippen LogP contribution in [0.2, 0.25) is 10.0 Å². The molecular weight excluding hydrogens is 455 g/mol. The molecule has 8 nitrogen and oxygen atoms in total. The smallest absolute Gasteiger partial charge is 0.352 e. The molecule has 1 aromatic rings. The molecule has 2 heterocycles. The first-order valence-corrected chi connectivity index (χ1v) is 10.5. The summed E-state index contributed by atoms with van der Waals surface area (Å²) < 4.78 is 4.88. The first-order chi connectivity index (χ1) is 14.2. The lowest BCUT2D eigenvalue weighted by molar-refractivity contribution is -0.150. The molecule has 2 N–H and O–H groups in total. The average Bonchev–Trinajstić information content (AvgIpc) is 2.68. The number of carboxylic acid groups (broad SMARTS) is 1. The quantitative estimate of drug-likeness (QED) is 0.372. The van der Waals surface area contributed by atoms with E-state index in [1.807, 2.05) is 0 Å². The molecule has 2 aliphatic rings. The van der Waals surface area contributed by atoms with Crippen molar-refractivity contribution in [3.8, 4) is 0 Å². The number of carbonyl (C=O) groups is 4. The fraction of sp³-hybridized carbons (Fsp3) is 0.263. The van der Waals surface area contributed by atoms with Gasteiger partial charge >= 0.3 is 11.9 Å². The Balaban J connectivity index is 1.68. The normalized spacial score (nSPS) is 20.6.